The molecule has 2 rings (SSSR count). The van der Waals surface area contributed by atoms with Gasteiger partial charge in [-0.2, -0.15) is 0 Å². The lowest BCUT2D eigenvalue weighted by Gasteiger charge is -2.31. The summed E-state index contributed by atoms with van der Waals surface area (Å²) in [5.74, 6) is 0.527. The van der Waals surface area contributed by atoms with Crippen LogP contribution in [0.25, 0.3) is 0 Å². The van der Waals surface area contributed by atoms with Gasteiger partial charge in [-0.3, -0.25) is 4.79 Å². The maximum atomic E-state index is 11.4. The van der Waals surface area contributed by atoms with E-state index in [1.54, 1.807) is 18.3 Å². The molecule has 0 bridgehead atoms. The molecule has 3 nitrogen and oxygen atoms in total. The number of nitrogens with zero attached hydrogens (tertiary/aromatic N) is 2. The molecular formula is C12H18N2OS. The van der Waals surface area contributed by atoms with Gasteiger partial charge in [0.1, 0.15) is 5.78 Å². The lowest BCUT2D eigenvalue weighted by Crippen LogP contribution is -2.38. The third kappa shape index (κ3) is 2.43. The first kappa shape index (κ1) is 11.6. The maximum Gasteiger partial charge on any atom is 0.185 e. The van der Waals surface area contributed by atoms with Crippen LogP contribution in [0.3, 0.4) is 0 Å². The molecule has 1 aliphatic heterocycles. The van der Waals surface area contributed by atoms with Gasteiger partial charge < -0.3 is 4.90 Å². The van der Waals surface area contributed by atoms with Gasteiger partial charge in [0.25, 0.3) is 0 Å². The Labute approximate surface area is 100 Å². The van der Waals surface area contributed by atoms with Crippen molar-refractivity contribution in [2.24, 2.45) is 5.92 Å². The van der Waals surface area contributed by atoms with Crippen LogP contribution in [0.5, 0.6) is 0 Å². The van der Waals surface area contributed by atoms with Crippen molar-refractivity contribution in [3.63, 3.8) is 0 Å². The molecule has 88 valence electrons. The van der Waals surface area contributed by atoms with Gasteiger partial charge >= 0.3 is 0 Å². The van der Waals surface area contributed by atoms with Crippen LogP contribution in [0.15, 0.2) is 5.38 Å². The lowest BCUT2D eigenvalue weighted by atomic mass is 9.95. The molecule has 0 N–H and O–H groups in total. The Balaban J connectivity index is 2.06. The zero-order chi connectivity index (χ0) is 11.5. The summed E-state index contributed by atoms with van der Waals surface area (Å²) in [6, 6.07) is 0. The third-order valence-electron chi connectivity index (χ3n) is 3.17. The van der Waals surface area contributed by atoms with Crippen molar-refractivity contribution in [2.75, 3.05) is 18.0 Å². The van der Waals surface area contributed by atoms with E-state index in [1.807, 2.05) is 0 Å². The second kappa shape index (κ2) is 4.95. The minimum Gasteiger partial charge on any atom is -0.347 e. The monoisotopic (exact) mass is 238 g/mol. The number of aryl methyl sites for hydroxylation is 1. The van der Waals surface area contributed by atoms with E-state index in [0.717, 1.165) is 43.2 Å². The Morgan fingerprint density at radius 3 is 3.12 bits per heavy atom. The quantitative estimate of drug-likeness (QED) is 0.811. The normalized spacial score (nSPS) is 21.1. The molecule has 1 aromatic heterocycles. The van der Waals surface area contributed by atoms with Crippen LogP contribution in [-0.2, 0) is 11.2 Å². The molecule has 2 heterocycles. The first-order valence-corrected chi connectivity index (χ1v) is 6.78. The van der Waals surface area contributed by atoms with Crippen LogP contribution in [0.4, 0.5) is 5.13 Å². The summed E-state index contributed by atoms with van der Waals surface area (Å²) in [4.78, 5) is 18.2. The van der Waals surface area contributed by atoms with E-state index < -0.39 is 0 Å². The average Bonchev–Trinajstić information content (AvgIpc) is 2.77. The number of hydrogen-bond donors (Lipinski definition) is 0. The smallest absolute Gasteiger partial charge is 0.185 e. The molecule has 0 radical (unpaired) electrons. The van der Waals surface area contributed by atoms with Crippen LogP contribution in [-0.4, -0.2) is 23.9 Å². The molecule has 1 atom stereocenters. The van der Waals surface area contributed by atoms with Crippen molar-refractivity contribution in [3.8, 4) is 0 Å². The van der Waals surface area contributed by atoms with Gasteiger partial charge in [-0.1, -0.05) is 6.92 Å². The average molecular weight is 238 g/mol. The number of carbonyl (C=O) groups is 1. The molecule has 0 saturated carbocycles. The molecule has 4 heteroatoms. The number of ketones is 1. The van der Waals surface area contributed by atoms with Gasteiger partial charge in [0, 0.05) is 24.4 Å². The van der Waals surface area contributed by atoms with Crippen molar-refractivity contribution in [1.82, 2.24) is 4.98 Å². The Hall–Kier alpha value is -0.900. The Bertz CT molecular complexity index is 375. The number of hydrogen-bond acceptors (Lipinski definition) is 4. The zero-order valence-corrected chi connectivity index (χ0v) is 10.7. The Morgan fingerprint density at radius 2 is 2.50 bits per heavy atom. The minimum atomic E-state index is 0.211. The van der Waals surface area contributed by atoms with E-state index in [9.17, 15) is 4.79 Å². The van der Waals surface area contributed by atoms with Gasteiger partial charge in [-0.05, 0) is 26.2 Å². The number of thiazole rings is 1. The molecule has 0 amide bonds. The molecule has 1 aliphatic rings. The summed E-state index contributed by atoms with van der Waals surface area (Å²) in [6.45, 7) is 5.72. The Morgan fingerprint density at radius 1 is 1.69 bits per heavy atom. The van der Waals surface area contributed by atoms with Crippen LogP contribution in [0, 0.1) is 5.92 Å². The van der Waals surface area contributed by atoms with E-state index in [4.69, 9.17) is 0 Å². The number of rotatable bonds is 3. The molecule has 1 fully saturated rings. The van der Waals surface area contributed by atoms with Crippen molar-refractivity contribution >= 4 is 22.3 Å². The molecule has 1 aromatic rings. The number of piperidine rings is 1. The highest BCUT2D eigenvalue weighted by molar-refractivity contribution is 7.13. The molecule has 0 aromatic carbocycles. The molecule has 16 heavy (non-hydrogen) atoms. The first-order valence-electron chi connectivity index (χ1n) is 5.90. The zero-order valence-electron chi connectivity index (χ0n) is 9.90. The Kier molecular flexibility index (Phi) is 3.59. The summed E-state index contributed by atoms with van der Waals surface area (Å²) in [5, 5.41) is 3.20. The second-order valence-corrected chi connectivity index (χ2v) is 5.21. The maximum absolute atomic E-state index is 11.4. The summed E-state index contributed by atoms with van der Waals surface area (Å²) >= 11 is 1.70. The SMILES string of the molecule is CCc1csc(N2CCCC(C(C)=O)C2)n1. The van der Waals surface area contributed by atoms with E-state index in [1.165, 1.54) is 0 Å². The van der Waals surface area contributed by atoms with Crippen molar-refractivity contribution in [2.45, 2.75) is 33.1 Å². The predicted molar refractivity (Wildman–Crippen MR) is 67.1 cm³/mol. The van der Waals surface area contributed by atoms with Crippen molar-refractivity contribution in [3.05, 3.63) is 11.1 Å². The highest BCUT2D eigenvalue weighted by Crippen LogP contribution is 2.26. The summed E-state index contributed by atoms with van der Waals surface area (Å²) in [7, 11) is 0. The second-order valence-electron chi connectivity index (χ2n) is 4.37. The molecule has 0 aliphatic carbocycles. The molecule has 1 unspecified atom stereocenters. The van der Waals surface area contributed by atoms with E-state index in [0.29, 0.717) is 5.78 Å². The number of anilines is 1. The molecular weight excluding hydrogens is 220 g/mol. The summed E-state index contributed by atoms with van der Waals surface area (Å²) in [5.41, 5.74) is 1.16. The number of Topliss-reactive ketones (excluding diaryl/α,β-unsaturated/α-hetero) is 1. The predicted octanol–water partition coefficient (Wildman–Crippen LogP) is 2.51. The number of aromatic nitrogens is 1. The number of carbonyl (C=O) groups excluding carboxylic acids is 1. The van der Waals surface area contributed by atoms with Crippen LogP contribution >= 0.6 is 11.3 Å². The van der Waals surface area contributed by atoms with E-state index >= 15 is 0 Å². The highest BCUT2D eigenvalue weighted by Gasteiger charge is 2.24. The van der Waals surface area contributed by atoms with Crippen molar-refractivity contribution in [1.29, 1.82) is 0 Å². The van der Waals surface area contributed by atoms with Gasteiger partial charge in [0.15, 0.2) is 5.13 Å². The summed E-state index contributed by atoms with van der Waals surface area (Å²) < 4.78 is 0. The van der Waals surface area contributed by atoms with Gasteiger partial charge in [-0.25, -0.2) is 4.98 Å². The van der Waals surface area contributed by atoms with Crippen LogP contribution in [0.2, 0.25) is 0 Å². The first-order chi connectivity index (χ1) is 7.70. The van der Waals surface area contributed by atoms with Crippen molar-refractivity contribution < 1.29 is 4.79 Å². The molecule has 0 spiro atoms. The molecule has 1 saturated heterocycles. The lowest BCUT2D eigenvalue weighted by molar-refractivity contribution is -0.120. The minimum absolute atomic E-state index is 0.211. The standard InChI is InChI=1S/C12H18N2OS/c1-3-11-8-16-12(13-11)14-6-4-5-10(7-14)9(2)15/h8,10H,3-7H2,1-2H3. The largest absolute Gasteiger partial charge is 0.347 e. The fourth-order valence-electron chi connectivity index (χ4n) is 2.09. The third-order valence-corrected chi connectivity index (χ3v) is 4.12. The van der Waals surface area contributed by atoms with Crippen LogP contribution < -0.4 is 4.90 Å². The van der Waals surface area contributed by atoms with Gasteiger partial charge in [0.2, 0.25) is 0 Å². The summed E-state index contributed by atoms with van der Waals surface area (Å²) in [6.07, 6.45) is 3.13. The van der Waals surface area contributed by atoms with Crippen LogP contribution in [0.1, 0.15) is 32.4 Å². The van der Waals surface area contributed by atoms with Gasteiger partial charge in [-0.15, -0.1) is 11.3 Å². The highest BCUT2D eigenvalue weighted by atomic mass is 32.1. The fraction of sp³-hybridized carbons (Fsp3) is 0.667. The fourth-order valence-corrected chi connectivity index (χ4v) is 3.03. The van der Waals surface area contributed by atoms with E-state index in [-0.39, 0.29) is 5.92 Å². The van der Waals surface area contributed by atoms with Gasteiger partial charge in [0.05, 0.1) is 5.69 Å². The topological polar surface area (TPSA) is 33.2 Å². The van der Waals surface area contributed by atoms with E-state index in [2.05, 4.69) is 22.2 Å².